The smallest absolute Gasteiger partial charge is 0.246 e. The molecule has 2 aromatic rings. The summed E-state index contributed by atoms with van der Waals surface area (Å²) in [4.78, 5) is 24.2. The lowest BCUT2D eigenvalue weighted by Crippen LogP contribution is -2.44. The van der Waals surface area contributed by atoms with Crippen LogP contribution in [0.5, 0.6) is 0 Å². The maximum Gasteiger partial charge on any atom is 0.246 e. The van der Waals surface area contributed by atoms with Crippen LogP contribution >= 0.6 is 11.8 Å². The van der Waals surface area contributed by atoms with Crippen LogP contribution in [0, 0.1) is 0 Å². The summed E-state index contributed by atoms with van der Waals surface area (Å²) in [6, 6.07) is 8.84. The van der Waals surface area contributed by atoms with Crippen LogP contribution < -0.4 is 10.6 Å². The Morgan fingerprint density at radius 3 is 2.83 bits per heavy atom. The first-order chi connectivity index (χ1) is 11.6. The Hall–Kier alpha value is -2.28. The quantitative estimate of drug-likeness (QED) is 0.686. The molecule has 1 aromatic carbocycles. The molecule has 1 atom stereocenters. The molecule has 3 N–H and O–H groups in total. The van der Waals surface area contributed by atoms with E-state index in [1.165, 1.54) is 0 Å². The number of benzene rings is 1. The summed E-state index contributed by atoms with van der Waals surface area (Å²) < 4.78 is 0. The van der Waals surface area contributed by atoms with E-state index in [1.54, 1.807) is 24.9 Å². The lowest BCUT2D eigenvalue weighted by Gasteiger charge is -2.18. The van der Waals surface area contributed by atoms with Gasteiger partial charge in [-0.3, -0.25) is 14.7 Å². The summed E-state index contributed by atoms with van der Waals surface area (Å²) >= 11 is 1.65. The largest absolute Gasteiger partial charge is 0.344 e. The number of H-pyrrole nitrogens is 1. The third kappa shape index (κ3) is 5.13. The Morgan fingerprint density at radius 1 is 1.33 bits per heavy atom. The molecule has 0 saturated carbocycles. The van der Waals surface area contributed by atoms with Crippen LogP contribution in [-0.2, 0) is 9.59 Å². The fourth-order valence-electron chi connectivity index (χ4n) is 2.21. The molecule has 128 valence electrons. The molecule has 0 aliphatic rings. The molecule has 7 heteroatoms. The van der Waals surface area contributed by atoms with Gasteiger partial charge in [-0.15, -0.1) is 0 Å². The number of aromatic amines is 1. The van der Waals surface area contributed by atoms with E-state index in [-0.39, 0.29) is 11.8 Å². The SMILES string of the molecule is CCC(=O)N[C@H](CCSC)C(=O)Nc1cccc(-c2ccn[nH]2)c1. The number of hydrogen-bond acceptors (Lipinski definition) is 4. The van der Waals surface area contributed by atoms with Crippen molar-refractivity contribution in [2.75, 3.05) is 17.3 Å². The first-order valence-electron chi connectivity index (χ1n) is 7.83. The minimum atomic E-state index is -0.527. The molecule has 0 aliphatic carbocycles. The summed E-state index contributed by atoms with van der Waals surface area (Å²) in [5.41, 5.74) is 2.50. The molecule has 0 radical (unpaired) electrons. The van der Waals surface area contributed by atoms with Gasteiger partial charge in [-0.1, -0.05) is 19.1 Å². The highest BCUT2D eigenvalue weighted by atomic mass is 32.2. The fourth-order valence-corrected chi connectivity index (χ4v) is 2.68. The minimum Gasteiger partial charge on any atom is -0.344 e. The van der Waals surface area contributed by atoms with Crippen molar-refractivity contribution in [1.29, 1.82) is 0 Å². The molecular weight excluding hydrogens is 324 g/mol. The highest BCUT2D eigenvalue weighted by Crippen LogP contribution is 2.20. The van der Waals surface area contributed by atoms with Crippen molar-refractivity contribution in [1.82, 2.24) is 15.5 Å². The van der Waals surface area contributed by atoms with Gasteiger partial charge in [-0.25, -0.2) is 0 Å². The van der Waals surface area contributed by atoms with Gasteiger partial charge in [0.05, 0.1) is 5.69 Å². The number of amides is 2. The van der Waals surface area contributed by atoms with Crippen molar-refractivity contribution in [3.63, 3.8) is 0 Å². The van der Waals surface area contributed by atoms with Gasteiger partial charge in [0.1, 0.15) is 6.04 Å². The second-order valence-electron chi connectivity index (χ2n) is 5.30. The number of carbonyl (C=O) groups is 2. The number of rotatable bonds is 8. The average molecular weight is 346 g/mol. The minimum absolute atomic E-state index is 0.123. The molecule has 24 heavy (non-hydrogen) atoms. The summed E-state index contributed by atoms with van der Waals surface area (Å²) in [6.07, 6.45) is 4.61. The van der Waals surface area contributed by atoms with Crippen molar-refractivity contribution in [3.8, 4) is 11.3 Å². The fraction of sp³-hybridized carbons (Fsp3) is 0.353. The van der Waals surface area contributed by atoms with E-state index in [0.29, 0.717) is 18.5 Å². The molecular formula is C17H22N4O2S. The highest BCUT2D eigenvalue weighted by molar-refractivity contribution is 7.98. The van der Waals surface area contributed by atoms with Crippen molar-refractivity contribution in [2.45, 2.75) is 25.8 Å². The Bertz CT molecular complexity index is 673. The second kappa shape index (κ2) is 9.12. The lowest BCUT2D eigenvalue weighted by atomic mass is 10.1. The number of nitrogens with one attached hydrogen (secondary N) is 3. The van der Waals surface area contributed by atoms with E-state index < -0.39 is 6.04 Å². The first kappa shape index (κ1) is 18.1. The maximum atomic E-state index is 12.5. The zero-order valence-electron chi connectivity index (χ0n) is 13.8. The number of thioether (sulfide) groups is 1. The van der Waals surface area contributed by atoms with Gasteiger partial charge in [0.2, 0.25) is 11.8 Å². The molecule has 1 heterocycles. The van der Waals surface area contributed by atoms with E-state index in [4.69, 9.17) is 0 Å². The number of carbonyl (C=O) groups excluding carboxylic acids is 2. The molecule has 0 spiro atoms. The summed E-state index contributed by atoms with van der Waals surface area (Å²) in [5, 5.41) is 12.5. The summed E-state index contributed by atoms with van der Waals surface area (Å²) in [5.74, 6) is 0.478. The standard InChI is InChI=1S/C17H22N4O2S/c1-3-16(22)20-15(8-10-24-2)17(23)19-13-6-4-5-12(11-13)14-7-9-18-21-14/h4-7,9,11,15H,3,8,10H2,1-2H3,(H,18,21)(H,19,23)(H,20,22)/t15-/m1/s1. The van der Waals surface area contributed by atoms with Gasteiger partial charge in [-0.2, -0.15) is 16.9 Å². The van der Waals surface area contributed by atoms with Crippen molar-refractivity contribution >= 4 is 29.3 Å². The second-order valence-corrected chi connectivity index (χ2v) is 6.28. The van der Waals surface area contributed by atoms with Gasteiger partial charge < -0.3 is 10.6 Å². The Labute approximate surface area is 145 Å². The van der Waals surface area contributed by atoms with E-state index >= 15 is 0 Å². The number of nitrogens with zero attached hydrogens (tertiary/aromatic N) is 1. The Kier molecular flexibility index (Phi) is 6.87. The van der Waals surface area contributed by atoms with Crippen molar-refractivity contribution in [3.05, 3.63) is 36.5 Å². The normalized spacial score (nSPS) is 11.8. The van der Waals surface area contributed by atoms with Crippen LogP contribution in [0.2, 0.25) is 0 Å². The third-order valence-electron chi connectivity index (χ3n) is 3.53. The third-order valence-corrected chi connectivity index (χ3v) is 4.17. The highest BCUT2D eigenvalue weighted by Gasteiger charge is 2.20. The van der Waals surface area contributed by atoms with Crippen LogP contribution in [0.1, 0.15) is 19.8 Å². The van der Waals surface area contributed by atoms with E-state index in [9.17, 15) is 9.59 Å². The van der Waals surface area contributed by atoms with Crippen LogP contribution in [-0.4, -0.2) is 40.1 Å². The Balaban J connectivity index is 2.08. The summed E-state index contributed by atoms with van der Waals surface area (Å²) in [6.45, 7) is 1.77. The predicted molar refractivity (Wildman–Crippen MR) is 97.9 cm³/mol. The maximum absolute atomic E-state index is 12.5. The molecule has 0 unspecified atom stereocenters. The van der Waals surface area contributed by atoms with Gasteiger partial charge in [0.15, 0.2) is 0 Å². The van der Waals surface area contributed by atoms with Gasteiger partial charge in [0.25, 0.3) is 0 Å². The van der Waals surface area contributed by atoms with Crippen LogP contribution in [0.25, 0.3) is 11.3 Å². The van der Waals surface area contributed by atoms with Crippen LogP contribution in [0.15, 0.2) is 36.5 Å². The lowest BCUT2D eigenvalue weighted by molar-refractivity contribution is -0.126. The molecule has 0 saturated heterocycles. The first-order valence-corrected chi connectivity index (χ1v) is 9.22. The molecule has 2 rings (SSSR count). The average Bonchev–Trinajstić information content (AvgIpc) is 3.13. The Morgan fingerprint density at radius 2 is 2.17 bits per heavy atom. The topological polar surface area (TPSA) is 86.9 Å². The summed E-state index contributed by atoms with van der Waals surface area (Å²) in [7, 11) is 0. The van der Waals surface area contributed by atoms with Crippen molar-refractivity contribution in [2.24, 2.45) is 0 Å². The zero-order valence-corrected chi connectivity index (χ0v) is 14.7. The number of hydrogen-bond donors (Lipinski definition) is 3. The zero-order chi connectivity index (χ0) is 17.4. The van der Waals surface area contributed by atoms with Crippen molar-refractivity contribution < 1.29 is 9.59 Å². The number of aromatic nitrogens is 2. The molecule has 1 aromatic heterocycles. The molecule has 0 bridgehead atoms. The van der Waals surface area contributed by atoms with Gasteiger partial charge >= 0.3 is 0 Å². The molecule has 6 nitrogen and oxygen atoms in total. The number of anilines is 1. The van der Waals surface area contributed by atoms with E-state index in [0.717, 1.165) is 17.0 Å². The monoisotopic (exact) mass is 346 g/mol. The molecule has 0 fully saturated rings. The van der Waals surface area contributed by atoms with Gasteiger partial charge in [0, 0.05) is 23.9 Å². The molecule has 0 aliphatic heterocycles. The van der Waals surface area contributed by atoms with E-state index in [2.05, 4.69) is 20.8 Å². The van der Waals surface area contributed by atoms with E-state index in [1.807, 2.05) is 36.6 Å². The van der Waals surface area contributed by atoms with Crippen LogP contribution in [0.4, 0.5) is 5.69 Å². The van der Waals surface area contributed by atoms with Crippen LogP contribution in [0.3, 0.4) is 0 Å². The van der Waals surface area contributed by atoms with Gasteiger partial charge in [-0.05, 0) is 36.6 Å². The predicted octanol–water partition coefficient (Wildman–Crippen LogP) is 2.66. The molecule has 2 amide bonds.